The number of carbonyl (C=O) groups is 2. The molecule has 0 radical (unpaired) electrons. The van der Waals surface area contributed by atoms with E-state index in [4.69, 9.17) is 4.74 Å². The van der Waals surface area contributed by atoms with Crippen LogP contribution in [-0.2, 0) is 19.6 Å². The molecule has 0 fully saturated rings. The minimum atomic E-state index is -4.10. The average molecular weight is 393 g/mol. The molecule has 8 nitrogen and oxygen atoms in total. The SMILES string of the molecule is CN(CC(=O)Nc1cccc(F)c1)S(=O)(=O)c1cccc2c1NC(=O)CO2. The minimum absolute atomic E-state index is 0.0335. The standard InChI is InChI=1S/C17H16FN3O5S/c1-21(9-15(22)19-12-5-2-4-11(18)8-12)27(24,25)14-7-3-6-13-17(14)20-16(23)10-26-13/h2-8H,9-10H2,1H3,(H,19,22)(H,20,23). The van der Waals surface area contributed by atoms with Crippen molar-refractivity contribution in [1.82, 2.24) is 4.31 Å². The third kappa shape index (κ3) is 4.07. The molecule has 2 aromatic carbocycles. The van der Waals surface area contributed by atoms with Crippen LogP contribution in [0.15, 0.2) is 47.4 Å². The first-order chi connectivity index (χ1) is 12.8. The van der Waals surface area contributed by atoms with Crippen molar-refractivity contribution >= 4 is 33.2 Å². The first-order valence-corrected chi connectivity index (χ1v) is 9.29. The molecule has 1 aliphatic rings. The molecular formula is C17H16FN3O5S. The number of ether oxygens (including phenoxy) is 1. The molecule has 142 valence electrons. The van der Waals surface area contributed by atoms with Crippen LogP contribution in [0.5, 0.6) is 5.75 Å². The van der Waals surface area contributed by atoms with Crippen molar-refractivity contribution in [3.05, 3.63) is 48.3 Å². The Bertz CT molecular complexity index is 1010. The van der Waals surface area contributed by atoms with Crippen LogP contribution in [0.4, 0.5) is 15.8 Å². The Kier molecular flexibility index (Phi) is 5.10. The first-order valence-electron chi connectivity index (χ1n) is 7.85. The van der Waals surface area contributed by atoms with E-state index in [1.165, 1.54) is 43.4 Å². The Labute approximate surface area is 155 Å². The number of carbonyl (C=O) groups excluding carboxylic acids is 2. The van der Waals surface area contributed by atoms with Gasteiger partial charge in [0.15, 0.2) is 6.61 Å². The van der Waals surface area contributed by atoms with Crippen LogP contribution in [0.25, 0.3) is 0 Å². The molecule has 2 N–H and O–H groups in total. The molecule has 0 spiro atoms. The van der Waals surface area contributed by atoms with E-state index in [-0.39, 0.29) is 28.6 Å². The number of hydrogen-bond acceptors (Lipinski definition) is 5. The van der Waals surface area contributed by atoms with Crippen molar-refractivity contribution in [3.63, 3.8) is 0 Å². The van der Waals surface area contributed by atoms with Crippen molar-refractivity contribution in [2.45, 2.75) is 4.90 Å². The van der Waals surface area contributed by atoms with Gasteiger partial charge in [-0.3, -0.25) is 9.59 Å². The number of halogens is 1. The fourth-order valence-corrected chi connectivity index (χ4v) is 3.79. The second-order valence-electron chi connectivity index (χ2n) is 5.79. The number of rotatable bonds is 5. The zero-order chi connectivity index (χ0) is 19.6. The highest BCUT2D eigenvalue weighted by molar-refractivity contribution is 7.89. The van der Waals surface area contributed by atoms with Crippen molar-refractivity contribution < 1.29 is 27.1 Å². The van der Waals surface area contributed by atoms with E-state index in [2.05, 4.69) is 10.6 Å². The van der Waals surface area contributed by atoms with Gasteiger partial charge in [0.25, 0.3) is 5.91 Å². The van der Waals surface area contributed by atoms with Crippen molar-refractivity contribution in [3.8, 4) is 5.75 Å². The lowest BCUT2D eigenvalue weighted by Gasteiger charge is -2.23. The topological polar surface area (TPSA) is 105 Å². The maximum Gasteiger partial charge on any atom is 0.262 e. The summed E-state index contributed by atoms with van der Waals surface area (Å²) in [6.07, 6.45) is 0. The Hall–Kier alpha value is -2.98. The first kappa shape index (κ1) is 18.8. The van der Waals surface area contributed by atoms with Crippen molar-refractivity contribution in [1.29, 1.82) is 0 Å². The molecule has 0 saturated heterocycles. The van der Waals surface area contributed by atoms with Gasteiger partial charge < -0.3 is 15.4 Å². The fourth-order valence-electron chi connectivity index (χ4n) is 2.51. The normalized spacial score (nSPS) is 13.5. The van der Waals surface area contributed by atoms with E-state index >= 15 is 0 Å². The number of benzene rings is 2. The van der Waals surface area contributed by atoms with Gasteiger partial charge in [-0.05, 0) is 30.3 Å². The van der Waals surface area contributed by atoms with Gasteiger partial charge in [-0.25, -0.2) is 12.8 Å². The van der Waals surface area contributed by atoms with Crippen LogP contribution in [0.1, 0.15) is 0 Å². The molecule has 0 aliphatic carbocycles. The second kappa shape index (κ2) is 7.33. The van der Waals surface area contributed by atoms with E-state index in [9.17, 15) is 22.4 Å². The van der Waals surface area contributed by atoms with E-state index in [0.29, 0.717) is 0 Å². The van der Waals surface area contributed by atoms with Crippen LogP contribution >= 0.6 is 0 Å². The number of para-hydroxylation sites is 1. The lowest BCUT2D eigenvalue weighted by atomic mass is 10.2. The zero-order valence-corrected chi connectivity index (χ0v) is 15.0. The largest absolute Gasteiger partial charge is 0.482 e. The molecule has 0 unspecified atom stereocenters. The quantitative estimate of drug-likeness (QED) is 0.799. The van der Waals surface area contributed by atoms with Gasteiger partial charge in [0.05, 0.1) is 6.54 Å². The third-order valence-electron chi connectivity index (χ3n) is 3.77. The molecule has 2 aromatic rings. The summed E-state index contributed by atoms with van der Waals surface area (Å²) in [5.41, 5.74) is 0.245. The van der Waals surface area contributed by atoms with Crippen molar-refractivity contribution in [2.75, 3.05) is 30.8 Å². The van der Waals surface area contributed by atoms with Gasteiger partial charge in [0.1, 0.15) is 22.1 Å². The summed E-state index contributed by atoms with van der Waals surface area (Å²) < 4.78 is 44.9. The minimum Gasteiger partial charge on any atom is -0.482 e. The number of amides is 2. The maximum atomic E-state index is 13.2. The van der Waals surface area contributed by atoms with Gasteiger partial charge in [0.2, 0.25) is 15.9 Å². The molecular weight excluding hydrogens is 377 g/mol. The fraction of sp³-hybridized carbons (Fsp3) is 0.176. The van der Waals surface area contributed by atoms with Gasteiger partial charge in [-0.1, -0.05) is 12.1 Å². The molecule has 0 aromatic heterocycles. The Morgan fingerprint density at radius 3 is 2.78 bits per heavy atom. The number of nitrogens with one attached hydrogen (secondary N) is 2. The summed E-state index contributed by atoms with van der Waals surface area (Å²) in [6.45, 7) is -0.709. The molecule has 27 heavy (non-hydrogen) atoms. The highest BCUT2D eigenvalue weighted by atomic mass is 32.2. The predicted molar refractivity (Wildman–Crippen MR) is 95.4 cm³/mol. The zero-order valence-electron chi connectivity index (χ0n) is 14.2. The molecule has 10 heteroatoms. The Morgan fingerprint density at radius 2 is 2.04 bits per heavy atom. The highest BCUT2D eigenvalue weighted by Crippen LogP contribution is 2.35. The lowest BCUT2D eigenvalue weighted by molar-refractivity contribution is -0.118. The van der Waals surface area contributed by atoms with Crippen LogP contribution in [0, 0.1) is 5.82 Å². The van der Waals surface area contributed by atoms with Gasteiger partial charge in [0, 0.05) is 12.7 Å². The molecule has 1 aliphatic heterocycles. The number of likely N-dealkylation sites (N-methyl/N-ethyl adjacent to an activating group) is 1. The smallest absolute Gasteiger partial charge is 0.262 e. The molecule has 1 heterocycles. The second-order valence-corrected chi connectivity index (χ2v) is 7.80. The number of sulfonamides is 1. The van der Waals surface area contributed by atoms with Crippen LogP contribution < -0.4 is 15.4 Å². The summed E-state index contributed by atoms with van der Waals surface area (Å²) >= 11 is 0. The summed E-state index contributed by atoms with van der Waals surface area (Å²) in [5, 5.41) is 4.90. The highest BCUT2D eigenvalue weighted by Gasteiger charge is 2.30. The number of nitrogens with zero attached hydrogens (tertiary/aromatic N) is 1. The van der Waals surface area contributed by atoms with Crippen LogP contribution in [-0.4, -0.2) is 44.7 Å². The summed E-state index contributed by atoms with van der Waals surface area (Å²) in [7, 11) is -2.87. The number of hydrogen-bond donors (Lipinski definition) is 2. The maximum absolute atomic E-state index is 13.2. The predicted octanol–water partition coefficient (Wildman–Crippen LogP) is 1.42. The summed E-state index contributed by atoms with van der Waals surface area (Å²) in [6, 6.07) is 9.56. The van der Waals surface area contributed by atoms with Gasteiger partial charge in [-0.2, -0.15) is 4.31 Å². The molecule has 0 bridgehead atoms. The summed E-state index contributed by atoms with van der Waals surface area (Å²) in [4.78, 5) is 23.5. The van der Waals surface area contributed by atoms with Crippen LogP contribution in [0.3, 0.4) is 0 Å². The van der Waals surface area contributed by atoms with E-state index in [1.54, 1.807) is 0 Å². The summed E-state index contributed by atoms with van der Waals surface area (Å²) in [5.74, 6) is -1.41. The van der Waals surface area contributed by atoms with Gasteiger partial charge >= 0.3 is 0 Å². The third-order valence-corrected chi connectivity index (χ3v) is 5.62. The van der Waals surface area contributed by atoms with E-state index in [1.807, 2.05) is 0 Å². The molecule has 0 atom stereocenters. The Morgan fingerprint density at radius 1 is 1.30 bits per heavy atom. The average Bonchev–Trinajstić information content (AvgIpc) is 2.60. The van der Waals surface area contributed by atoms with E-state index in [0.717, 1.165) is 10.4 Å². The molecule has 2 amide bonds. The molecule has 0 saturated carbocycles. The number of anilines is 2. The Balaban J connectivity index is 1.79. The monoisotopic (exact) mass is 393 g/mol. The van der Waals surface area contributed by atoms with Crippen LogP contribution in [0.2, 0.25) is 0 Å². The lowest BCUT2D eigenvalue weighted by Crippen LogP contribution is -2.36. The van der Waals surface area contributed by atoms with E-state index < -0.39 is 34.2 Å². The number of fused-ring (bicyclic) bond motifs is 1. The molecule has 3 rings (SSSR count). The van der Waals surface area contributed by atoms with Crippen molar-refractivity contribution in [2.24, 2.45) is 0 Å². The van der Waals surface area contributed by atoms with Gasteiger partial charge in [-0.15, -0.1) is 0 Å².